The highest BCUT2D eigenvalue weighted by molar-refractivity contribution is 6.04. The number of hydrogen-bond acceptors (Lipinski definition) is 6. The highest BCUT2D eigenvalue weighted by atomic mass is 16.5. The molecule has 0 radical (unpaired) electrons. The van der Waals surface area contributed by atoms with Gasteiger partial charge in [-0.25, -0.2) is 9.97 Å². The Labute approximate surface area is 144 Å². The van der Waals surface area contributed by atoms with Gasteiger partial charge >= 0.3 is 0 Å². The molecule has 7 nitrogen and oxygen atoms in total. The summed E-state index contributed by atoms with van der Waals surface area (Å²) in [6, 6.07) is 9.04. The molecule has 4 heterocycles. The molecule has 128 valence electrons. The number of carbonyl (C=O) groups is 1. The van der Waals surface area contributed by atoms with Gasteiger partial charge in [0.25, 0.3) is 5.91 Å². The van der Waals surface area contributed by atoms with E-state index >= 15 is 0 Å². The molecule has 1 fully saturated rings. The zero-order valence-corrected chi connectivity index (χ0v) is 13.9. The van der Waals surface area contributed by atoms with Crippen molar-refractivity contribution in [1.82, 2.24) is 9.97 Å². The number of hydrogen-bond donors (Lipinski definition) is 1. The van der Waals surface area contributed by atoms with Crippen LogP contribution < -0.4 is 10.2 Å². The first-order valence-electron chi connectivity index (χ1n) is 8.16. The van der Waals surface area contributed by atoms with Gasteiger partial charge in [0, 0.05) is 24.8 Å². The number of nitrogens with one attached hydrogen (secondary N) is 1. The van der Waals surface area contributed by atoms with Crippen LogP contribution in [0, 0.1) is 6.92 Å². The second-order valence-corrected chi connectivity index (χ2v) is 5.91. The molecule has 1 amide bonds. The number of aryl methyl sites for hydroxylation is 1. The maximum absolute atomic E-state index is 12.4. The van der Waals surface area contributed by atoms with Crippen molar-refractivity contribution in [3.63, 3.8) is 0 Å². The van der Waals surface area contributed by atoms with Gasteiger partial charge in [-0.2, -0.15) is 0 Å². The van der Waals surface area contributed by atoms with Gasteiger partial charge in [0.15, 0.2) is 11.3 Å². The van der Waals surface area contributed by atoms with E-state index in [0.717, 1.165) is 24.6 Å². The monoisotopic (exact) mass is 338 g/mol. The van der Waals surface area contributed by atoms with Crippen molar-refractivity contribution in [3.05, 3.63) is 48.0 Å². The summed E-state index contributed by atoms with van der Waals surface area (Å²) in [5.41, 5.74) is 2.76. The fraction of sp³-hybridized carbons (Fsp3) is 0.278. The molecule has 0 bridgehead atoms. The topological polar surface area (TPSA) is 80.5 Å². The molecule has 1 N–H and O–H groups in total. The highest BCUT2D eigenvalue weighted by Gasteiger charge is 2.15. The Hall–Kier alpha value is -2.93. The molecule has 7 heteroatoms. The van der Waals surface area contributed by atoms with E-state index in [1.807, 2.05) is 31.2 Å². The van der Waals surface area contributed by atoms with E-state index < -0.39 is 0 Å². The molecule has 1 aliphatic rings. The number of aromatic nitrogens is 2. The van der Waals surface area contributed by atoms with Gasteiger partial charge in [-0.1, -0.05) is 0 Å². The van der Waals surface area contributed by atoms with E-state index in [1.54, 1.807) is 12.3 Å². The van der Waals surface area contributed by atoms with Gasteiger partial charge in [0.2, 0.25) is 0 Å². The fourth-order valence-corrected chi connectivity index (χ4v) is 2.77. The summed E-state index contributed by atoms with van der Waals surface area (Å²) in [5, 5.41) is 2.80. The lowest BCUT2D eigenvalue weighted by molar-refractivity contribution is 0.0998. The van der Waals surface area contributed by atoms with Crippen LogP contribution in [0.1, 0.15) is 16.2 Å². The Morgan fingerprint density at radius 1 is 1.20 bits per heavy atom. The lowest BCUT2D eigenvalue weighted by atomic mass is 10.3. The molecule has 4 rings (SSSR count). The summed E-state index contributed by atoms with van der Waals surface area (Å²) in [6.45, 7) is 4.96. The maximum Gasteiger partial charge on any atom is 0.291 e. The smallest absolute Gasteiger partial charge is 0.291 e. The molecule has 0 aliphatic carbocycles. The maximum atomic E-state index is 12.4. The second-order valence-electron chi connectivity index (χ2n) is 5.91. The van der Waals surface area contributed by atoms with E-state index in [4.69, 9.17) is 9.15 Å². The van der Waals surface area contributed by atoms with Crippen LogP contribution >= 0.6 is 0 Å². The minimum Gasteiger partial charge on any atom is -0.449 e. The summed E-state index contributed by atoms with van der Waals surface area (Å²) in [5.74, 6) is 0.784. The van der Waals surface area contributed by atoms with Gasteiger partial charge in [-0.15, -0.1) is 0 Å². The van der Waals surface area contributed by atoms with E-state index in [0.29, 0.717) is 30.0 Å². The third-order valence-electron chi connectivity index (χ3n) is 4.08. The number of pyridine rings is 2. The van der Waals surface area contributed by atoms with Crippen LogP contribution in [0.5, 0.6) is 0 Å². The molecular weight excluding hydrogens is 320 g/mol. The number of nitrogens with zero attached hydrogens (tertiary/aromatic N) is 3. The number of amides is 1. The zero-order chi connectivity index (χ0) is 17.2. The summed E-state index contributed by atoms with van der Waals surface area (Å²) < 4.78 is 10.9. The van der Waals surface area contributed by atoms with Crippen LogP contribution in [0.2, 0.25) is 0 Å². The molecule has 0 spiro atoms. The first-order valence-corrected chi connectivity index (χ1v) is 8.16. The van der Waals surface area contributed by atoms with Gasteiger partial charge in [-0.05, 0) is 31.2 Å². The van der Waals surface area contributed by atoms with Crippen molar-refractivity contribution in [3.8, 4) is 0 Å². The Bertz CT molecular complexity index is 898. The van der Waals surface area contributed by atoms with Crippen molar-refractivity contribution in [2.24, 2.45) is 0 Å². The molecule has 0 saturated carbocycles. The molecule has 0 aromatic carbocycles. The molecule has 1 aliphatic heterocycles. The van der Waals surface area contributed by atoms with E-state index in [9.17, 15) is 4.79 Å². The molecule has 0 unspecified atom stereocenters. The summed E-state index contributed by atoms with van der Waals surface area (Å²) in [4.78, 5) is 23.3. The number of rotatable bonds is 3. The standard InChI is InChI=1S/C18H18N4O3/c1-12-2-4-15-14(20-12)10-16(25-15)18(23)21-13-3-5-17(19-11-13)22-6-8-24-9-7-22/h2-5,10-11H,6-9H2,1H3,(H,21,23). The average molecular weight is 338 g/mol. The summed E-state index contributed by atoms with van der Waals surface area (Å²) >= 11 is 0. The molecule has 1 saturated heterocycles. The minimum atomic E-state index is -0.323. The first-order chi connectivity index (χ1) is 12.2. The van der Waals surface area contributed by atoms with Gasteiger partial charge in [-0.3, -0.25) is 4.79 Å². The molecule has 25 heavy (non-hydrogen) atoms. The Kier molecular flexibility index (Phi) is 4.07. The van der Waals surface area contributed by atoms with Crippen LogP contribution in [0.15, 0.2) is 40.9 Å². The van der Waals surface area contributed by atoms with Crippen LogP contribution in [0.4, 0.5) is 11.5 Å². The normalized spacial score (nSPS) is 14.7. The number of fused-ring (bicyclic) bond motifs is 1. The molecule has 0 atom stereocenters. The van der Waals surface area contributed by atoms with Crippen molar-refractivity contribution in [2.75, 3.05) is 36.5 Å². The van der Waals surface area contributed by atoms with E-state index in [2.05, 4.69) is 20.2 Å². The predicted octanol–water partition coefficient (Wildman–Crippen LogP) is 2.62. The van der Waals surface area contributed by atoms with Gasteiger partial charge < -0.3 is 19.4 Å². The fourth-order valence-electron chi connectivity index (χ4n) is 2.77. The lowest BCUT2D eigenvalue weighted by Gasteiger charge is -2.27. The molecular formula is C18H18N4O3. The summed E-state index contributed by atoms with van der Waals surface area (Å²) in [7, 11) is 0. The third kappa shape index (κ3) is 3.32. The quantitative estimate of drug-likeness (QED) is 0.791. The third-order valence-corrected chi connectivity index (χ3v) is 4.08. The predicted molar refractivity (Wildman–Crippen MR) is 94.0 cm³/mol. The number of carbonyl (C=O) groups excluding carboxylic acids is 1. The Morgan fingerprint density at radius 3 is 2.80 bits per heavy atom. The van der Waals surface area contributed by atoms with Crippen LogP contribution in [-0.2, 0) is 4.74 Å². The van der Waals surface area contributed by atoms with Crippen molar-refractivity contribution < 1.29 is 13.9 Å². The van der Waals surface area contributed by atoms with Crippen LogP contribution in [-0.4, -0.2) is 42.2 Å². The SMILES string of the molecule is Cc1ccc2oc(C(=O)Nc3ccc(N4CCOCC4)nc3)cc2n1. The number of morpholine rings is 1. The number of anilines is 2. The molecule has 3 aromatic rings. The Morgan fingerprint density at radius 2 is 2.04 bits per heavy atom. The Balaban J connectivity index is 1.47. The highest BCUT2D eigenvalue weighted by Crippen LogP contribution is 2.20. The van der Waals surface area contributed by atoms with E-state index in [1.165, 1.54) is 0 Å². The second kappa shape index (κ2) is 6.52. The lowest BCUT2D eigenvalue weighted by Crippen LogP contribution is -2.36. The largest absolute Gasteiger partial charge is 0.449 e. The van der Waals surface area contributed by atoms with Crippen molar-refractivity contribution in [2.45, 2.75) is 6.92 Å². The van der Waals surface area contributed by atoms with Crippen molar-refractivity contribution in [1.29, 1.82) is 0 Å². The number of furan rings is 1. The minimum absolute atomic E-state index is 0.227. The zero-order valence-electron chi connectivity index (χ0n) is 13.9. The van der Waals surface area contributed by atoms with Gasteiger partial charge in [0.05, 0.1) is 25.1 Å². The van der Waals surface area contributed by atoms with Crippen molar-refractivity contribution >= 4 is 28.5 Å². The molecule has 3 aromatic heterocycles. The average Bonchev–Trinajstić information content (AvgIpc) is 3.06. The summed E-state index contributed by atoms with van der Waals surface area (Å²) in [6.07, 6.45) is 1.65. The first kappa shape index (κ1) is 15.6. The van der Waals surface area contributed by atoms with E-state index in [-0.39, 0.29) is 11.7 Å². The van der Waals surface area contributed by atoms with Crippen LogP contribution in [0.25, 0.3) is 11.1 Å². The number of ether oxygens (including phenoxy) is 1. The van der Waals surface area contributed by atoms with Crippen LogP contribution in [0.3, 0.4) is 0 Å². The van der Waals surface area contributed by atoms with Gasteiger partial charge in [0.1, 0.15) is 11.3 Å².